The lowest BCUT2D eigenvalue weighted by Crippen LogP contribution is -2.34. The maximum atomic E-state index is 15.5. The zero-order chi connectivity index (χ0) is 29.9. The monoisotopic (exact) mass is 564 g/mol. The summed E-state index contributed by atoms with van der Waals surface area (Å²) in [5, 5.41) is 16.1. The Morgan fingerprint density at radius 1 is 1.15 bits per heavy atom. The minimum atomic E-state index is -1.39. The molecular weight excluding hydrogens is 535 g/mol. The van der Waals surface area contributed by atoms with E-state index in [4.69, 9.17) is 9.47 Å². The number of ether oxygens (including phenoxy) is 2. The Morgan fingerprint density at radius 3 is 2.59 bits per heavy atom. The van der Waals surface area contributed by atoms with Crippen molar-refractivity contribution in [1.29, 1.82) is 0 Å². The first-order valence-electron chi connectivity index (χ1n) is 12.6. The third-order valence-electron chi connectivity index (χ3n) is 5.42. The Bertz CT molecular complexity index is 1610. The summed E-state index contributed by atoms with van der Waals surface area (Å²) in [6, 6.07) is 10.4. The molecule has 0 bridgehead atoms. The van der Waals surface area contributed by atoms with E-state index in [0.29, 0.717) is 16.0 Å². The summed E-state index contributed by atoms with van der Waals surface area (Å²) in [5.74, 6) is -0.596. The van der Waals surface area contributed by atoms with Crippen LogP contribution in [0.1, 0.15) is 34.6 Å². The van der Waals surface area contributed by atoms with Crippen molar-refractivity contribution >= 4 is 40.5 Å². The van der Waals surface area contributed by atoms with Crippen molar-refractivity contribution in [3.63, 3.8) is 0 Å². The molecule has 41 heavy (non-hydrogen) atoms. The molecule has 0 aliphatic carbocycles. The summed E-state index contributed by atoms with van der Waals surface area (Å²) in [6.07, 6.45) is 0.345. The van der Waals surface area contributed by atoms with Gasteiger partial charge in [0, 0.05) is 29.3 Å². The first kappa shape index (κ1) is 28.9. The molecule has 4 aromatic rings. The lowest BCUT2D eigenvalue weighted by atomic mass is 10.2. The maximum Gasteiger partial charge on any atom is 0.432 e. The van der Waals surface area contributed by atoms with Crippen molar-refractivity contribution in [2.45, 2.75) is 46.3 Å². The van der Waals surface area contributed by atoms with Crippen molar-refractivity contribution in [2.24, 2.45) is 0 Å². The van der Waals surface area contributed by atoms with E-state index in [-0.39, 0.29) is 46.8 Å². The molecule has 2 N–H and O–H groups in total. The van der Waals surface area contributed by atoms with Gasteiger partial charge in [0.05, 0.1) is 17.4 Å². The van der Waals surface area contributed by atoms with Gasteiger partial charge in [-0.2, -0.15) is 9.78 Å². The quantitative estimate of drug-likeness (QED) is 0.311. The summed E-state index contributed by atoms with van der Waals surface area (Å²) in [7, 11) is 0. The van der Waals surface area contributed by atoms with Gasteiger partial charge in [0.1, 0.15) is 23.0 Å². The van der Waals surface area contributed by atoms with Gasteiger partial charge in [-0.15, -0.1) is 0 Å². The SMILES string of the molecule is CC(C)NC(=O)COc1cccc(-c2nccc(N(C(=O)OC(C)(C)C)c3cc4cnn(C(=O)O)c4cc3F)n2)c1. The molecule has 4 rings (SSSR count). The highest BCUT2D eigenvalue weighted by Crippen LogP contribution is 2.33. The van der Waals surface area contributed by atoms with E-state index < -0.39 is 23.6 Å². The Labute approximate surface area is 234 Å². The Morgan fingerprint density at radius 2 is 1.90 bits per heavy atom. The average Bonchev–Trinajstić information content (AvgIpc) is 3.29. The van der Waals surface area contributed by atoms with Crippen LogP contribution in [0.25, 0.3) is 22.3 Å². The number of amides is 2. The molecule has 2 amide bonds. The van der Waals surface area contributed by atoms with Crippen LogP contribution in [0.5, 0.6) is 5.75 Å². The van der Waals surface area contributed by atoms with Gasteiger partial charge in [-0.3, -0.25) is 4.79 Å². The fourth-order valence-electron chi connectivity index (χ4n) is 3.83. The standard InChI is InChI=1S/C28H29FN6O6/c1-16(2)32-24(36)15-40-19-8-6-7-17(11-19)25-30-10-9-23(33-25)34(27(39)41-28(3,4)5)22-12-18-14-31-35(26(37)38)21(18)13-20(22)29/h6-14,16H,15H2,1-5H3,(H,32,36)(H,37,38). The van der Waals surface area contributed by atoms with Crippen LogP contribution in [0.3, 0.4) is 0 Å². The van der Waals surface area contributed by atoms with Crippen LogP contribution in [0.2, 0.25) is 0 Å². The zero-order valence-electron chi connectivity index (χ0n) is 23.1. The molecule has 2 aromatic heterocycles. The van der Waals surface area contributed by atoms with Gasteiger partial charge in [0.25, 0.3) is 5.91 Å². The number of hydrogen-bond donors (Lipinski definition) is 2. The van der Waals surface area contributed by atoms with E-state index in [1.807, 2.05) is 13.8 Å². The smallest absolute Gasteiger partial charge is 0.432 e. The van der Waals surface area contributed by atoms with E-state index in [1.54, 1.807) is 45.0 Å². The van der Waals surface area contributed by atoms with Gasteiger partial charge in [-0.1, -0.05) is 12.1 Å². The summed E-state index contributed by atoms with van der Waals surface area (Å²) in [6.45, 7) is 8.50. The second-order valence-electron chi connectivity index (χ2n) is 10.3. The van der Waals surface area contributed by atoms with E-state index in [2.05, 4.69) is 20.4 Å². The molecule has 0 saturated heterocycles. The van der Waals surface area contributed by atoms with E-state index in [1.165, 1.54) is 24.5 Å². The van der Waals surface area contributed by atoms with Gasteiger partial charge in [-0.25, -0.2) is 28.8 Å². The molecule has 2 aromatic carbocycles. The fourth-order valence-corrected chi connectivity index (χ4v) is 3.83. The van der Waals surface area contributed by atoms with Crippen molar-refractivity contribution < 1.29 is 33.4 Å². The summed E-state index contributed by atoms with van der Waals surface area (Å²) in [4.78, 5) is 46.5. The molecule has 2 heterocycles. The number of rotatable bonds is 7. The molecule has 0 radical (unpaired) electrons. The number of nitrogens with one attached hydrogen (secondary N) is 1. The zero-order valence-corrected chi connectivity index (χ0v) is 23.1. The molecule has 12 nitrogen and oxygen atoms in total. The normalized spacial score (nSPS) is 11.4. The van der Waals surface area contributed by atoms with E-state index in [0.717, 1.165) is 11.0 Å². The summed E-state index contributed by atoms with van der Waals surface area (Å²) in [5.41, 5.74) is -0.635. The largest absolute Gasteiger partial charge is 0.484 e. The third kappa shape index (κ3) is 6.93. The molecule has 0 saturated carbocycles. The number of carbonyl (C=O) groups excluding carboxylic acids is 2. The van der Waals surface area contributed by atoms with Crippen LogP contribution in [0, 0.1) is 5.82 Å². The van der Waals surface area contributed by atoms with E-state index >= 15 is 4.39 Å². The number of carbonyl (C=O) groups is 3. The first-order valence-corrected chi connectivity index (χ1v) is 12.6. The number of anilines is 2. The highest BCUT2D eigenvalue weighted by molar-refractivity contribution is 5.99. The second-order valence-corrected chi connectivity index (χ2v) is 10.3. The molecule has 13 heteroatoms. The molecule has 214 valence electrons. The second kappa shape index (κ2) is 11.6. The highest BCUT2D eigenvalue weighted by atomic mass is 19.1. The van der Waals surface area contributed by atoms with Crippen molar-refractivity contribution in [2.75, 3.05) is 11.5 Å². The van der Waals surface area contributed by atoms with Crippen LogP contribution in [-0.2, 0) is 9.53 Å². The number of halogens is 1. The topological polar surface area (TPSA) is 149 Å². The van der Waals surface area contributed by atoms with Crippen LogP contribution in [-0.4, -0.2) is 61.2 Å². The molecule has 0 fully saturated rings. The van der Waals surface area contributed by atoms with Gasteiger partial charge in [0.15, 0.2) is 12.4 Å². The summed E-state index contributed by atoms with van der Waals surface area (Å²) < 4.78 is 27.3. The Kier molecular flexibility index (Phi) is 8.17. The third-order valence-corrected chi connectivity index (χ3v) is 5.42. The van der Waals surface area contributed by atoms with Gasteiger partial charge in [-0.05, 0) is 58.9 Å². The number of carboxylic acid groups (broad SMARTS) is 1. The Balaban J connectivity index is 1.73. The minimum absolute atomic E-state index is 0.00393. The van der Waals surface area contributed by atoms with Crippen LogP contribution >= 0.6 is 0 Å². The maximum absolute atomic E-state index is 15.5. The predicted molar refractivity (Wildman–Crippen MR) is 148 cm³/mol. The van der Waals surface area contributed by atoms with Crippen molar-refractivity contribution in [1.82, 2.24) is 25.1 Å². The number of aromatic nitrogens is 4. The molecule has 0 unspecified atom stereocenters. The van der Waals surface area contributed by atoms with Crippen molar-refractivity contribution in [3.8, 4) is 17.1 Å². The lowest BCUT2D eigenvalue weighted by Gasteiger charge is -2.27. The molecule has 0 aliphatic heterocycles. The molecule has 0 aliphatic rings. The molecule has 0 atom stereocenters. The van der Waals surface area contributed by atoms with Crippen LogP contribution in [0.15, 0.2) is 54.9 Å². The van der Waals surface area contributed by atoms with Crippen LogP contribution < -0.4 is 15.0 Å². The highest BCUT2D eigenvalue weighted by Gasteiger charge is 2.29. The number of benzene rings is 2. The molecular formula is C28H29FN6O6. The predicted octanol–water partition coefficient (Wildman–Crippen LogP) is 5.14. The Hall–Kier alpha value is -5.07. The first-order chi connectivity index (χ1) is 19.3. The van der Waals surface area contributed by atoms with Gasteiger partial charge >= 0.3 is 12.2 Å². The van der Waals surface area contributed by atoms with Gasteiger partial charge in [0.2, 0.25) is 0 Å². The van der Waals surface area contributed by atoms with Crippen molar-refractivity contribution in [3.05, 3.63) is 60.7 Å². The van der Waals surface area contributed by atoms with E-state index in [9.17, 15) is 19.5 Å². The molecule has 0 spiro atoms. The number of hydrogen-bond acceptors (Lipinski definition) is 8. The van der Waals surface area contributed by atoms with Gasteiger partial charge < -0.3 is 19.9 Å². The fraction of sp³-hybridized carbons (Fsp3) is 0.286. The minimum Gasteiger partial charge on any atom is -0.484 e. The average molecular weight is 565 g/mol. The number of fused-ring (bicyclic) bond motifs is 1. The van der Waals surface area contributed by atoms with Crippen LogP contribution in [0.4, 0.5) is 25.5 Å². The summed E-state index contributed by atoms with van der Waals surface area (Å²) >= 11 is 0. The lowest BCUT2D eigenvalue weighted by molar-refractivity contribution is -0.123. The number of nitrogens with zero attached hydrogens (tertiary/aromatic N) is 5.